The maximum atomic E-state index is 13.1. The van der Waals surface area contributed by atoms with Crippen LogP contribution >= 0.6 is 0 Å². The van der Waals surface area contributed by atoms with Crippen LogP contribution in [0, 0.1) is 13.8 Å². The molecular formula is C18H19N3O4S2. The first-order valence-corrected chi connectivity index (χ1v) is 11.0. The third-order valence-electron chi connectivity index (χ3n) is 4.19. The average Bonchev–Trinajstić information content (AvgIpc) is 2.98. The lowest BCUT2D eigenvalue weighted by Crippen LogP contribution is -2.27. The van der Waals surface area contributed by atoms with Crippen LogP contribution in [0.2, 0.25) is 0 Å². The largest absolute Gasteiger partial charge is 0.283 e. The molecule has 3 aromatic rings. The molecule has 0 aliphatic rings. The van der Waals surface area contributed by atoms with Crippen molar-refractivity contribution in [3.8, 4) is 0 Å². The van der Waals surface area contributed by atoms with Gasteiger partial charge in [0.15, 0.2) is 0 Å². The van der Waals surface area contributed by atoms with Crippen LogP contribution in [0.15, 0.2) is 70.5 Å². The molecule has 1 aromatic heterocycles. The highest BCUT2D eigenvalue weighted by atomic mass is 32.2. The SMILES string of the molecule is Cc1nn(S(=O)(=O)c2ccccc2)c(C)c1S(=O)(=O)N(C)c1ccccc1. The van der Waals surface area contributed by atoms with Crippen molar-refractivity contribution < 1.29 is 16.8 Å². The molecule has 0 amide bonds. The molecule has 27 heavy (non-hydrogen) atoms. The highest BCUT2D eigenvalue weighted by molar-refractivity contribution is 7.93. The van der Waals surface area contributed by atoms with Crippen molar-refractivity contribution in [2.45, 2.75) is 23.6 Å². The Morgan fingerprint density at radius 3 is 1.93 bits per heavy atom. The number of nitrogens with zero attached hydrogens (tertiary/aromatic N) is 3. The number of rotatable bonds is 5. The number of hydrogen-bond donors (Lipinski definition) is 0. The Bertz CT molecular complexity index is 1170. The molecule has 142 valence electrons. The standard InChI is InChI=1S/C18H19N3O4S2/c1-14-18(27(24,25)20(3)16-10-6-4-7-11-16)15(2)21(19-14)26(22,23)17-12-8-5-9-13-17/h4-13H,1-3H3. The van der Waals surface area contributed by atoms with E-state index in [0.29, 0.717) is 5.69 Å². The van der Waals surface area contributed by atoms with E-state index in [0.717, 1.165) is 8.39 Å². The van der Waals surface area contributed by atoms with Gasteiger partial charge in [-0.1, -0.05) is 36.4 Å². The Kier molecular flexibility index (Phi) is 4.83. The third-order valence-corrected chi connectivity index (χ3v) is 7.91. The molecule has 2 aromatic carbocycles. The molecule has 0 saturated heterocycles. The van der Waals surface area contributed by atoms with E-state index in [1.807, 2.05) is 0 Å². The summed E-state index contributed by atoms with van der Waals surface area (Å²) in [7, 11) is -6.57. The van der Waals surface area contributed by atoms with Gasteiger partial charge in [0.2, 0.25) is 0 Å². The predicted molar refractivity (Wildman–Crippen MR) is 103 cm³/mol. The minimum absolute atomic E-state index is 0.0379. The van der Waals surface area contributed by atoms with Crippen molar-refractivity contribution in [3.63, 3.8) is 0 Å². The van der Waals surface area contributed by atoms with Gasteiger partial charge in [0.05, 0.1) is 22.0 Å². The second-order valence-corrected chi connectivity index (χ2v) is 9.64. The van der Waals surface area contributed by atoms with E-state index in [1.165, 1.54) is 33.0 Å². The zero-order valence-corrected chi connectivity index (χ0v) is 16.7. The molecule has 0 unspecified atom stereocenters. The van der Waals surface area contributed by atoms with Gasteiger partial charge in [-0.25, -0.2) is 8.42 Å². The normalized spacial score (nSPS) is 12.1. The van der Waals surface area contributed by atoms with E-state index in [4.69, 9.17) is 0 Å². The maximum absolute atomic E-state index is 13.1. The number of aryl methyl sites for hydroxylation is 1. The van der Waals surface area contributed by atoms with Gasteiger partial charge in [-0.05, 0) is 38.1 Å². The summed E-state index contributed by atoms with van der Waals surface area (Å²) in [5.74, 6) is 0. The number of benzene rings is 2. The molecule has 7 nitrogen and oxygen atoms in total. The topological polar surface area (TPSA) is 89.3 Å². The second-order valence-electron chi connectivity index (χ2n) is 5.97. The fraction of sp³-hybridized carbons (Fsp3) is 0.167. The van der Waals surface area contributed by atoms with Gasteiger partial charge in [-0.15, -0.1) is 0 Å². The first-order chi connectivity index (χ1) is 12.7. The van der Waals surface area contributed by atoms with Crippen molar-refractivity contribution >= 4 is 25.7 Å². The van der Waals surface area contributed by atoms with E-state index >= 15 is 0 Å². The van der Waals surface area contributed by atoms with Crippen molar-refractivity contribution in [1.82, 2.24) is 9.19 Å². The van der Waals surface area contributed by atoms with Gasteiger partial charge in [0.25, 0.3) is 20.0 Å². The van der Waals surface area contributed by atoms with Crippen molar-refractivity contribution in [1.29, 1.82) is 0 Å². The number of aromatic nitrogens is 2. The zero-order chi connectivity index (χ0) is 19.8. The molecule has 0 N–H and O–H groups in total. The van der Waals surface area contributed by atoms with Crippen molar-refractivity contribution in [2.75, 3.05) is 11.4 Å². The van der Waals surface area contributed by atoms with Crippen molar-refractivity contribution in [2.24, 2.45) is 0 Å². The second kappa shape index (κ2) is 6.82. The quantitative estimate of drug-likeness (QED) is 0.651. The summed E-state index contributed by atoms with van der Waals surface area (Å²) in [5, 5.41) is 4.02. The van der Waals surface area contributed by atoms with Crippen LogP contribution < -0.4 is 4.31 Å². The van der Waals surface area contributed by atoms with Crippen LogP contribution in [0.1, 0.15) is 11.4 Å². The lowest BCUT2D eigenvalue weighted by Gasteiger charge is -2.19. The summed E-state index contributed by atoms with van der Waals surface area (Å²) in [6.07, 6.45) is 0. The summed E-state index contributed by atoms with van der Waals surface area (Å²) in [6, 6.07) is 16.3. The highest BCUT2D eigenvalue weighted by Crippen LogP contribution is 2.28. The molecule has 0 saturated carbocycles. The predicted octanol–water partition coefficient (Wildman–Crippen LogP) is 2.56. The molecule has 0 fully saturated rings. The third kappa shape index (κ3) is 3.24. The Labute approximate surface area is 159 Å². The summed E-state index contributed by atoms with van der Waals surface area (Å²) >= 11 is 0. The van der Waals surface area contributed by atoms with Crippen LogP contribution in [0.5, 0.6) is 0 Å². The Balaban J connectivity index is 2.15. The number of hydrogen-bond acceptors (Lipinski definition) is 5. The Hall–Kier alpha value is -2.65. The molecule has 0 aliphatic heterocycles. The van der Waals surface area contributed by atoms with E-state index in [-0.39, 0.29) is 21.2 Å². The lowest BCUT2D eigenvalue weighted by atomic mass is 10.3. The highest BCUT2D eigenvalue weighted by Gasteiger charge is 2.32. The van der Waals surface area contributed by atoms with Crippen LogP contribution in [0.4, 0.5) is 5.69 Å². The zero-order valence-electron chi connectivity index (χ0n) is 15.1. The first-order valence-electron chi connectivity index (χ1n) is 8.08. The van der Waals surface area contributed by atoms with Gasteiger partial charge in [-0.3, -0.25) is 4.31 Å². The molecule has 0 aliphatic carbocycles. The first kappa shape index (κ1) is 19.1. The molecule has 0 radical (unpaired) electrons. The molecule has 3 rings (SSSR count). The summed E-state index contributed by atoms with van der Waals surface area (Å²) in [6.45, 7) is 2.92. The number of sulfonamides is 1. The molecule has 0 spiro atoms. The van der Waals surface area contributed by atoms with Crippen LogP contribution in [-0.4, -0.2) is 33.1 Å². The van der Waals surface area contributed by atoms with E-state index < -0.39 is 20.0 Å². The lowest BCUT2D eigenvalue weighted by molar-refractivity contribution is 0.577. The maximum Gasteiger partial charge on any atom is 0.283 e. The van der Waals surface area contributed by atoms with Crippen LogP contribution in [0.25, 0.3) is 0 Å². The summed E-state index contributed by atoms with van der Waals surface area (Å²) < 4.78 is 53.9. The summed E-state index contributed by atoms with van der Waals surface area (Å²) in [5.41, 5.74) is 0.629. The molecule has 0 bridgehead atoms. The number of anilines is 1. The fourth-order valence-corrected chi connectivity index (χ4v) is 5.81. The molecule has 1 heterocycles. The van der Waals surface area contributed by atoms with E-state index in [9.17, 15) is 16.8 Å². The summed E-state index contributed by atoms with van der Waals surface area (Å²) in [4.78, 5) is -0.0793. The van der Waals surface area contributed by atoms with Gasteiger partial charge < -0.3 is 0 Å². The Morgan fingerprint density at radius 1 is 0.852 bits per heavy atom. The minimum atomic E-state index is -4.00. The van der Waals surface area contributed by atoms with E-state index in [2.05, 4.69) is 5.10 Å². The van der Waals surface area contributed by atoms with Gasteiger partial charge in [0.1, 0.15) is 4.90 Å². The van der Waals surface area contributed by atoms with E-state index in [1.54, 1.807) is 48.5 Å². The minimum Gasteiger partial charge on any atom is -0.269 e. The molecule has 9 heteroatoms. The smallest absolute Gasteiger partial charge is 0.269 e. The number of para-hydroxylation sites is 1. The van der Waals surface area contributed by atoms with Crippen molar-refractivity contribution in [3.05, 3.63) is 72.1 Å². The van der Waals surface area contributed by atoms with Gasteiger partial charge in [-0.2, -0.15) is 17.6 Å². The molecule has 0 atom stereocenters. The van der Waals surface area contributed by atoms with Crippen LogP contribution in [-0.2, 0) is 20.0 Å². The average molecular weight is 406 g/mol. The fourth-order valence-electron chi connectivity index (χ4n) is 2.82. The molecular weight excluding hydrogens is 386 g/mol. The van der Waals surface area contributed by atoms with Gasteiger partial charge in [0, 0.05) is 7.05 Å². The van der Waals surface area contributed by atoms with Gasteiger partial charge >= 0.3 is 0 Å². The van der Waals surface area contributed by atoms with Crippen LogP contribution in [0.3, 0.4) is 0 Å². The Morgan fingerprint density at radius 2 is 1.37 bits per heavy atom. The monoisotopic (exact) mass is 405 g/mol.